The molecule has 0 heterocycles. The van der Waals surface area contributed by atoms with Crippen molar-refractivity contribution in [1.82, 2.24) is 0 Å². The van der Waals surface area contributed by atoms with Crippen LogP contribution in [0.25, 0.3) is 0 Å². The van der Waals surface area contributed by atoms with Gasteiger partial charge in [-0.25, -0.2) is 0 Å². The van der Waals surface area contributed by atoms with Crippen molar-refractivity contribution >= 4 is 29.1 Å². The third-order valence-corrected chi connectivity index (χ3v) is 2.48. The first kappa shape index (κ1) is 11.3. The predicted molar refractivity (Wildman–Crippen MR) is 57.5 cm³/mol. The van der Waals surface area contributed by atoms with E-state index in [0.717, 1.165) is 0 Å². The van der Waals surface area contributed by atoms with Gasteiger partial charge in [-0.1, -0.05) is 29.3 Å². The van der Waals surface area contributed by atoms with Gasteiger partial charge in [0.05, 0.1) is 5.92 Å². The molecule has 3 nitrogen and oxygen atoms in total. The second-order valence-corrected chi connectivity index (χ2v) is 3.70. The summed E-state index contributed by atoms with van der Waals surface area (Å²) in [6.45, 7) is 0.136. The smallest absolute Gasteiger partial charge is 0.226 e. The first-order valence-electron chi connectivity index (χ1n) is 4.00. The third kappa shape index (κ3) is 2.38. The van der Waals surface area contributed by atoms with E-state index in [9.17, 15) is 4.79 Å². The van der Waals surface area contributed by atoms with Gasteiger partial charge in [0.15, 0.2) is 0 Å². The molecule has 0 bridgehead atoms. The fraction of sp³-hybridized carbons (Fsp3) is 0.222. The zero-order valence-electron chi connectivity index (χ0n) is 7.34. The van der Waals surface area contributed by atoms with Crippen molar-refractivity contribution in [1.29, 1.82) is 0 Å². The molecule has 0 aliphatic carbocycles. The second-order valence-electron chi connectivity index (χ2n) is 2.86. The minimum absolute atomic E-state index is 0.136. The average Bonchev–Trinajstić information content (AvgIpc) is 2.09. The zero-order valence-corrected chi connectivity index (χ0v) is 8.85. The number of amides is 1. The summed E-state index contributed by atoms with van der Waals surface area (Å²) in [5, 5.41) is 0.922. The van der Waals surface area contributed by atoms with E-state index in [1.807, 2.05) is 0 Å². The molecule has 0 aliphatic rings. The molecule has 0 fully saturated rings. The van der Waals surface area contributed by atoms with Crippen molar-refractivity contribution in [2.75, 3.05) is 6.54 Å². The van der Waals surface area contributed by atoms with E-state index in [-0.39, 0.29) is 6.54 Å². The maximum Gasteiger partial charge on any atom is 0.226 e. The van der Waals surface area contributed by atoms with Crippen molar-refractivity contribution in [3.05, 3.63) is 33.8 Å². The molecule has 0 saturated heterocycles. The molecule has 5 heteroatoms. The van der Waals surface area contributed by atoms with E-state index in [4.69, 9.17) is 34.7 Å². The highest BCUT2D eigenvalue weighted by molar-refractivity contribution is 6.35. The molecule has 1 amide bonds. The second kappa shape index (κ2) is 4.64. The number of hydrogen-bond acceptors (Lipinski definition) is 2. The summed E-state index contributed by atoms with van der Waals surface area (Å²) in [7, 11) is 0. The Morgan fingerprint density at radius 2 is 2.07 bits per heavy atom. The topological polar surface area (TPSA) is 69.1 Å². The predicted octanol–water partition coefficient (Wildman–Crippen LogP) is 1.52. The van der Waals surface area contributed by atoms with Crippen molar-refractivity contribution in [3.63, 3.8) is 0 Å². The summed E-state index contributed by atoms with van der Waals surface area (Å²) in [6.07, 6.45) is 0. The van der Waals surface area contributed by atoms with Crippen LogP contribution >= 0.6 is 23.2 Å². The van der Waals surface area contributed by atoms with E-state index in [1.165, 1.54) is 0 Å². The lowest BCUT2D eigenvalue weighted by Crippen LogP contribution is -2.28. The lowest BCUT2D eigenvalue weighted by molar-refractivity contribution is -0.119. The Hall–Kier alpha value is -0.770. The largest absolute Gasteiger partial charge is 0.369 e. The maximum absolute atomic E-state index is 11.0. The van der Waals surface area contributed by atoms with Crippen LogP contribution in [0.15, 0.2) is 18.2 Å². The zero-order chi connectivity index (χ0) is 10.7. The number of carbonyl (C=O) groups excluding carboxylic acids is 1. The normalized spacial score (nSPS) is 12.5. The molecule has 0 radical (unpaired) electrons. The molecular formula is C9H10Cl2N2O. The lowest BCUT2D eigenvalue weighted by atomic mass is 9.99. The molecule has 76 valence electrons. The van der Waals surface area contributed by atoms with Crippen molar-refractivity contribution in [2.24, 2.45) is 11.5 Å². The minimum Gasteiger partial charge on any atom is -0.369 e. The number of nitrogens with two attached hydrogens (primary N) is 2. The molecule has 0 aliphatic heterocycles. The molecule has 1 aromatic carbocycles. The SMILES string of the molecule is NCC(C(N)=O)c1ccc(Cl)cc1Cl. The highest BCUT2D eigenvalue weighted by atomic mass is 35.5. The standard InChI is InChI=1S/C9H10Cl2N2O/c10-5-1-2-6(8(11)3-5)7(4-12)9(13)14/h1-3,7H,4,12H2,(H2,13,14). The minimum atomic E-state index is -0.556. The highest BCUT2D eigenvalue weighted by Crippen LogP contribution is 2.26. The van der Waals surface area contributed by atoms with Gasteiger partial charge in [-0.05, 0) is 17.7 Å². The quantitative estimate of drug-likeness (QED) is 0.830. The lowest BCUT2D eigenvalue weighted by Gasteiger charge is -2.12. The number of halogens is 2. The summed E-state index contributed by atoms with van der Waals surface area (Å²) < 4.78 is 0. The van der Waals surface area contributed by atoms with E-state index in [1.54, 1.807) is 18.2 Å². The van der Waals surface area contributed by atoms with Gasteiger partial charge in [-0.15, -0.1) is 0 Å². The molecule has 0 saturated carbocycles. The Kier molecular flexibility index (Phi) is 3.75. The molecule has 1 aromatic rings. The monoisotopic (exact) mass is 232 g/mol. The first-order chi connectivity index (χ1) is 6.56. The molecule has 0 spiro atoms. The molecule has 1 unspecified atom stereocenters. The number of hydrogen-bond donors (Lipinski definition) is 2. The van der Waals surface area contributed by atoms with Crippen LogP contribution in [-0.4, -0.2) is 12.5 Å². The summed E-state index contributed by atoms with van der Waals surface area (Å²) in [6, 6.07) is 4.87. The van der Waals surface area contributed by atoms with Crippen LogP contribution in [0.1, 0.15) is 11.5 Å². The summed E-state index contributed by atoms with van der Waals surface area (Å²) >= 11 is 11.6. The number of rotatable bonds is 3. The van der Waals surface area contributed by atoms with Gasteiger partial charge < -0.3 is 11.5 Å². The van der Waals surface area contributed by atoms with Gasteiger partial charge in [-0.3, -0.25) is 4.79 Å². The number of benzene rings is 1. The summed E-state index contributed by atoms with van der Waals surface area (Å²) in [4.78, 5) is 11.0. The molecule has 1 atom stereocenters. The molecule has 0 aromatic heterocycles. The van der Waals surface area contributed by atoms with E-state index >= 15 is 0 Å². The van der Waals surface area contributed by atoms with Crippen LogP contribution in [0.3, 0.4) is 0 Å². The Bertz CT molecular complexity index is 355. The van der Waals surface area contributed by atoms with Gasteiger partial charge in [0, 0.05) is 16.6 Å². The van der Waals surface area contributed by atoms with E-state index < -0.39 is 11.8 Å². The van der Waals surface area contributed by atoms with Crippen LogP contribution in [0.2, 0.25) is 10.0 Å². The van der Waals surface area contributed by atoms with E-state index in [2.05, 4.69) is 0 Å². The van der Waals surface area contributed by atoms with Crippen LogP contribution < -0.4 is 11.5 Å². The Balaban J connectivity index is 3.10. The van der Waals surface area contributed by atoms with Gasteiger partial charge in [0.25, 0.3) is 0 Å². The molecule has 14 heavy (non-hydrogen) atoms. The first-order valence-corrected chi connectivity index (χ1v) is 4.76. The van der Waals surface area contributed by atoms with Gasteiger partial charge in [0.2, 0.25) is 5.91 Å². The van der Waals surface area contributed by atoms with Crippen LogP contribution in [0, 0.1) is 0 Å². The Morgan fingerprint density at radius 3 is 2.50 bits per heavy atom. The van der Waals surface area contributed by atoms with E-state index in [0.29, 0.717) is 15.6 Å². The Morgan fingerprint density at radius 1 is 1.43 bits per heavy atom. The summed E-state index contributed by atoms with van der Waals surface area (Å²) in [5.41, 5.74) is 11.2. The molecule has 1 rings (SSSR count). The fourth-order valence-electron chi connectivity index (χ4n) is 1.18. The van der Waals surface area contributed by atoms with Crippen LogP contribution in [-0.2, 0) is 4.79 Å². The van der Waals surface area contributed by atoms with Crippen LogP contribution in [0.4, 0.5) is 0 Å². The van der Waals surface area contributed by atoms with Gasteiger partial charge in [0.1, 0.15) is 0 Å². The fourth-order valence-corrected chi connectivity index (χ4v) is 1.72. The van der Waals surface area contributed by atoms with Crippen molar-refractivity contribution in [3.8, 4) is 0 Å². The van der Waals surface area contributed by atoms with Crippen molar-refractivity contribution in [2.45, 2.75) is 5.92 Å². The van der Waals surface area contributed by atoms with Crippen molar-refractivity contribution < 1.29 is 4.79 Å². The number of carbonyl (C=O) groups is 1. The maximum atomic E-state index is 11.0. The average molecular weight is 233 g/mol. The third-order valence-electron chi connectivity index (χ3n) is 1.92. The summed E-state index contributed by atoms with van der Waals surface area (Å²) in [5.74, 6) is -1.04. The van der Waals surface area contributed by atoms with Gasteiger partial charge in [-0.2, -0.15) is 0 Å². The molecule has 4 N–H and O–H groups in total. The van der Waals surface area contributed by atoms with Gasteiger partial charge >= 0.3 is 0 Å². The Labute approximate surface area is 92.0 Å². The number of primary amides is 1. The highest BCUT2D eigenvalue weighted by Gasteiger charge is 2.18. The molecular weight excluding hydrogens is 223 g/mol. The van der Waals surface area contributed by atoms with Crippen LogP contribution in [0.5, 0.6) is 0 Å².